The Morgan fingerprint density at radius 2 is 1.62 bits per heavy atom. The normalized spacial score (nSPS) is 10.3. The summed E-state index contributed by atoms with van der Waals surface area (Å²) < 4.78 is 10.7. The van der Waals surface area contributed by atoms with E-state index in [1.807, 2.05) is 18.2 Å². The minimum Gasteiger partial charge on any atom is -0.497 e. The van der Waals surface area contributed by atoms with Gasteiger partial charge in [0.05, 0.1) is 19.9 Å². The van der Waals surface area contributed by atoms with E-state index in [9.17, 15) is 0 Å². The van der Waals surface area contributed by atoms with Crippen molar-refractivity contribution in [2.75, 3.05) is 32.6 Å². The lowest BCUT2D eigenvalue weighted by molar-refractivity contribution is 0.393. The van der Waals surface area contributed by atoms with Crippen molar-refractivity contribution in [2.24, 2.45) is 0 Å². The average Bonchev–Trinajstić information content (AvgIpc) is 2.60. The summed E-state index contributed by atoms with van der Waals surface area (Å²) in [5.41, 5.74) is 0.845. The number of nitrogens with one attached hydrogen (secondary N) is 1. The van der Waals surface area contributed by atoms with Gasteiger partial charge in [0.25, 0.3) is 0 Å². The fraction of sp³-hybridized carbons (Fsp3) is 0.632. The summed E-state index contributed by atoms with van der Waals surface area (Å²) in [5.74, 6) is 1.55. The van der Waals surface area contributed by atoms with Gasteiger partial charge in [-0.25, -0.2) is 0 Å². The molecule has 1 N–H and O–H groups in total. The summed E-state index contributed by atoms with van der Waals surface area (Å²) in [6.45, 7) is 6.43. The Bertz CT molecular complexity index is 484. The molecule has 0 saturated heterocycles. The number of unbranched alkanes of at least 4 members (excludes halogenated alkanes) is 4. The van der Waals surface area contributed by atoms with Crippen LogP contribution in [0.25, 0.3) is 0 Å². The first-order valence-corrected chi connectivity index (χ1v) is 9.35. The maximum Gasteiger partial charge on any atom is 0.173 e. The van der Waals surface area contributed by atoms with E-state index in [0.29, 0.717) is 0 Å². The van der Waals surface area contributed by atoms with E-state index in [-0.39, 0.29) is 0 Å². The van der Waals surface area contributed by atoms with Crippen molar-refractivity contribution in [3.63, 3.8) is 0 Å². The van der Waals surface area contributed by atoms with Crippen molar-refractivity contribution in [1.29, 1.82) is 0 Å². The molecule has 4 nitrogen and oxygen atoms in total. The fourth-order valence-corrected chi connectivity index (χ4v) is 2.82. The Morgan fingerprint density at radius 1 is 1.00 bits per heavy atom. The Hall–Kier alpha value is -1.49. The van der Waals surface area contributed by atoms with Crippen LogP contribution >= 0.6 is 12.2 Å². The van der Waals surface area contributed by atoms with Gasteiger partial charge in [0.15, 0.2) is 5.11 Å². The van der Waals surface area contributed by atoms with Crippen molar-refractivity contribution in [1.82, 2.24) is 4.90 Å². The molecule has 0 aliphatic carbocycles. The molecule has 0 aromatic heterocycles. The smallest absolute Gasteiger partial charge is 0.173 e. The number of rotatable bonds is 11. The number of nitrogens with zero attached hydrogens (tertiary/aromatic N) is 1. The predicted molar refractivity (Wildman–Crippen MR) is 106 cm³/mol. The third-order valence-corrected chi connectivity index (χ3v) is 4.36. The minimum atomic E-state index is 0.758. The van der Waals surface area contributed by atoms with Gasteiger partial charge >= 0.3 is 0 Å². The van der Waals surface area contributed by atoms with Crippen LogP contribution in [0.4, 0.5) is 5.69 Å². The lowest BCUT2D eigenvalue weighted by atomic mass is 10.2. The molecule has 0 saturated carbocycles. The lowest BCUT2D eigenvalue weighted by Crippen LogP contribution is -2.36. The van der Waals surface area contributed by atoms with E-state index in [1.54, 1.807) is 14.2 Å². The van der Waals surface area contributed by atoms with Gasteiger partial charge in [-0.1, -0.05) is 39.5 Å². The number of hydrogen-bond donors (Lipinski definition) is 1. The highest BCUT2D eigenvalue weighted by Gasteiger charge is 2.12. The molecule has 0 fully saturated rings. The maximum absolute atomic E-state index is 5.66. The Morgan fingerprint density at radius 3 is 2.12 bits per heavy atom. The summed E-state index contributed by atoms with van der Waals surface area (Å²) in [5, 5.41) is 4.10. The molecule has 0 aliphatic rings. The van der Waals surface area contributed by atoms with Gasteiger partial charge in [0.2, 0.25) is 0 Å². The van der Waals surface area contributed by atoms with Gasteiger partial charge in [-0.15, -0.1) is 0 Å². The molecule has 0 aliphatic heterocycles. The summed E-state index contributed by atoms with van der Waals surface area (Å²) >= 11 is 5.66. The topological polar surface area (TPSA) is 33.7 Å². The number of hydrogen-bond acceptors (Lipinski definition) is 3. The van der Waals surface area contributed by atoms with E-state index >= 15 is 0 Å². The Labute approximate surface area is 152 Å². The number of ether oxygens (including phenoxy) is 2. The van der Waals surface area contributed by atoms with E-state index in [1.165, 1.54) is 38.5 Å². The molecule has 1 rings (SSSR count). The van der Waals surface area contributed by atoms with E-state index in [2.05, 4.69) is 24.1 Å². The van der Waals surface area contributed by atoms with Crippen molar-refractivity contribution in [3.8, 4) is 11.5 Å². The van der Waals surface area contributed by atoms with Crippen molar-refractivity contribution in [3.05, 3.63) is 18.2 Å². The zero-order valence-electron chi connectivity index (χ0n) is 15.6. The first-order valence-electron chi connectivity index (χ1n) is 8.94. The quantitative estimate of drug-likeness (QED) is 0.443. The van der Waals surface area contributed by atoms with Crippen LogP contribution in [0.3, 0.4) is 0 Å². The molecule has 24 heavy (non-hydrogen) atoms. The van der Waals surface area contributed by atoms with Gasteiger partial charge in [-0.05, 0) is 37.2 Å². The summed E-state index contributed by atoms with van der Waals surface area (Å²) in [6, 6.07) is 5.69. The number of methoxy groups -OCH3 is 2. The second-order valence-corrected chi connectivity index (χ2v) is 6.28. The van der Waals surface area contributed by atoms with Gasteiger partial charge in [-0.3, -0.25) is 0 Å². The summed E-state index contributed by atoms with van der Waals surface area (Å²) in [7, 11) is 3.32. The van der Waals surface area contributed by atoms with Crippen LogP contribution in [0.5, 0.6) is 11.5 Å². The second kappa shape index (κ2) is 12.0. The molecule has 0 spiro atoms. The van der Waals surface area contributed by atoms with Gasteiger partial charge in [0.1, 0.15) is 11.5 Å². The van der Waals surface area contributed by atoms with Crippen LogP contribution in [-0.4, -0.2) is 37.3 Å². The molecule has 0 atom stereocenters. The highest BCUT2D eigenvalue weighted by molar-refractivity contribution is 7.80. The monoisotopic (exact) mass is 352 g/mol. The van der Waals surface area contributed by atoms with Gasteiger partial charge in [0, 0.05) is 19.2 Å². The fourth-order valence-electron chi connectivity index (χ4n) is 2.53. The van der Waals surface area contributed by atoms with Gasteiger partial charge in [-0.2, -0.15) is 0 Å². The number of anilines is 1. The first kappa shape index (κ1) is 20.6. The first-order chi connectivity index (χ1) is 11.7. The number of thiocarbonyl (C=S) groups is 1. The molecular formula is C19H32N2O2S. The zero-order valence-corrected chi connectivity index (χ0v) is 16.4. The van der Waals surface area contributed by atoms with Crippen molar-refractivity contribution >= 4 is 23.0 Å². The molecule has 5 heteroatoms. The molecule has 0 unspecified atom stereocenters. The number of benzene rings is 1. The molecular weight excluding hydrogens is 320 g/mol. The minimum absolute atomic E-state index is 0.758. The third kappa shape index (κ3) is 6.95. The van der Waals surface area contributed by atoms with E-state index in [0.717, 1.165) is 35.4 Å². The molecule has 0 radical (unpaired) electrons. The van der Waals surface area contributed by atoms with Crippen molar-refractivity contribution < 1.29 is 9.47 Å². The van der Waals surface area contributed by atoms with Crippen LogP contribution in [0.2, 0.25) is 0 Å². The van der Waals surface area contributed by atoms with E-state index in [4.69, 9.17) is 21.7 Å². The Kier molecular flexibility index (Phi) is 10.2. The molecule has 1 aromatic rings. The standard InChI is InChI=1S/C19H32N2O2S/c1-5-7-9-13-21(14-10-8-6-2)19(24)20-17-15-16(22-3)11-12-18(17)23-4/h11-12,15H,5-10,13-14H2,1-4H3,(H,20,24). The van der Waals surface area contributed by atoms with Crippen LogP contribution < -0.4 is 14.8 Å². The second-order valence-electron chi connectivity index (χ2n) is 5.90. The third-order valence-electron chi connectivity index (χ3n) is 4.00. The van der Waals surface area contributed by atoms with Crippen LogP contribution in [-0.2, 0) is 0 Å². The molecule has 1 aromatic carbocycles. The Balaban J connectivity index is 2.77. The summed E-state index contributed by atoms with van der Waals surface area (Å²) in [4.78, 5) is 2.28. The highest BCUT2D eigenvalue weighted by atomic mass is 32.1. The zero-order chi connectivity index (χ0) is 17.8. The van der Waals surface area contributed by atoms with Crippen molar-refractivity contribution in [2.45, 2.75) is 52.4 Å². The average molecular weight is 353 g/mol. The summed E-state index contributed by atoms with van der Waals surface area (Å²) in [6.07, 6.45) is 7.23. The van der Waals surface area contributed by atoms with Crippen LogP contribution in [0.15, 0.2) is 18.2 Å². The highest BCUT2D eigenvalue weighted by Crippen LogP contribution is 2.29. The largest absolute Gasteiger partial charge is 0.497 e. The van der Waals surface area contributed by atoms with Gasteiger partial charge < -0.3 is 19.7 Å². The molecule has 136 valence electrons. The maximum atomic E-state index is 5.66. The van der Waals surface area contributed by atoms with Crippen LogP contribution in [0, 0.1) is 0 Å². The SMILES string of the molecule is CCCCCN(CCCCC)C(=S)Nc1cc(OC)ccc1OC. The predicted octanol–water partition coefficient (Wildman–Crippen LogP) is 5.08. The van der Waals surface area contributed by atoms with Crippen LogP contribution in [0.1, 0.15) is 52.4 Å². The van der Waals surface area contributed by atoms with E-state index < -0.39 is 0 Å². The molecule has 0 amide bonds. The lowest BCUT2D eigenvalue weighted by Gasteiger charge is -2.26. The molecule has 0 bridgehead atoms. The molecule has 0 heterocycles.